The molecule has 25 heavy (non-hydrogen) atoms. The minimum absolute atomic E-state index is 0.00250. The highest BCUT2D eigenvalue weighted by molar-refractivity contribution is 5.14. The van der Waals surface area contributed by atoms with Gasteiger partial charge in [0, 0.05) is 0 Å². The molecule has 136 valence electrons. The van der Waals surface area contributed by atoms with Gasteiger partial charge in [0.05, 0.1) is 26.0 Å². The maximum Gasteiger partial charge on any atom is 0.187 e. The van der Waals surface area contributed by atoms with Gasteiger partial charge in [0.15, 0.2) is 6.29 Å². The summed E-state index contributed by atoms with van der Waals surface area (Å²) in [6.07, 6.45) is -4.79. The molecule has 9 nitrogen and oxygen atoms in total. The van der Waals surface area contributed by atoms with Gasteiger partial charge in [-0.3, -0.25) is 0 Å². The molecule has 1 fully saturated rings. The fourth-order valence-corrected chi connectivity index (χ4v) is 2.63. The molecule has 0 amide bonds. The molecule has 0 saturated carbocycles. The Morgan fingerprint density at radius 3 is 2.56 bits per heavy atom. The lowest BCUT2D eigenvalue weighted by Gasteiger charge is -2.39. The normalized spacial score (nSPS) is 29.7. The zero-order chi connectivity index (χ0) is 17.8. The molecule has 1 aliphatic heterocycles. The van der Waals surface area contributed by atoms with Crippen LogP contribution in [0.5, 0.6) is 0 Å². The van der Waals surface area contributed by atoms with Crippen LogP contribution in [-0.2, 0) is 22.6 Å². The number of ether oxygens (including phenoxy) is 2. The molecular weight excluding hydrogens is 330 g/mol. The molecule has 0 radical (unpaired) electrons. The van der Waals surface area contributed by atoms with Crippen molar-refractivity contribution in [2.24, 2.45) is 0 Å². The quantitative estimate of drug-likeness (QED) is 0.502. The van der Waals surface area contributed by atoms with E-state index in [1.54, 1.807) is 10.9 Å². The fraction of sp³-hybridized carbons (Fsp3) is 0.500. The molecule has 4 N–H and O–H groups in total. The van der Waals surface area contributed by atoms with Crippen molar-refractivity contribution in [2.75, 3.05) is 6.61 Å². The lowest BCUT2D eigenvalue weighted by atomic mass is 9.99. The summed E-state index contributed by atoms with van der Waals surface area (Å²) in [7, 11) is 0. The number of nitrogens with zero attached hydrogens (tertiary/aromatic N) is 3. The number of hydrogen-bond acceptors (Lipinski definition) is 8. The third-order valence-corrected chi connectivity index (χ3v) is 4.02. The number of aromatic nitrogens is 3. The van der Waals surface area contributed by atoms with Gasteiger partial charge >= 0.3 is 0 Å². The van der Waals surface area contributed by atoms with E-state index in [-0.39, 0.29) is 6.61 Å². The molecule has 2 aromatic rings. The first-order valence-electron chi connectivity index (χ1n) is 7.93. The van der Waals surface area contributed by atoms with Gasteiger partial charge in [-0.05, 0) is 5.56 Å². The highest BCUT2D eigenvalue weighted by Crippen LogP contribution is 2.22. The third kappa shape index (κ3) is 4.21. The molecular formula is C16H21N3O6. The molecule has 0 spiro atoms. The summed E-state index contributed by atoms with van der Waals surface area (Å²) in [6, 6.07) is 9.77. The van der Waals surface area contributed by atoms with Crippen LogP contribution in [0.15, 0.2) is 36.5 Å². The molecule has 9 heteroatoms. The van der Waals surface area contributed by atoms with Crippen LogP contribution in [-0.4, -0.2) is 72.7 Å². The van der Waals surface area contributed by atoms with Gasteiger partial charge < -0.3 is 29.9 Å². The first-order chi connectivity index (χ1) is 12.1. The lowest BCUT2D eigenvalue weighted by Crippen LogP contribution is -2.59. The number of aliphatic hydroxyl groups is 4. The molecule has 3 rings (SSSR count). The van der Waals surface area contributed by atoms with Crippen LogP contribution in [0.2, 0.25) is 0 Å². The van der Waals surface area contributed by atoms with E-state index in [2.05, 4.69) is 10.3 Å². The van der Waals surface area contributed by atoms with Crippen LogP contribution >= 0.6 is 0 Å². The average molecular weight is 351 g/mol. The van der Waals surface area contributed by atoms with Crippen molar-refractivity contribution >= 4 is 0 Å². The topological polar surface area (TPSA) is 130 Å². The van der Waals surface area contributed by atoms with Gasteiger partial charge in [0.25, 0.3) is 0 Å². The Hall–Kier alpha value is -1.88. The second-order valence-electron chi connectivity index (χ2n) is 5.90. The molecule has 1 aromatic heterocycles. The van der Waals surface area contributed by atoms with Crippen molar-refractivity contribution in [1.29, 1.82) is 0 Å². The van der Waals surface area contributed by atoms with E-state index >= 15 is 0 Å². The SMILES string of the molecule is OC[C@H]1O[C@@H](OCc2cn(Cc3ccccc3)nn2)[C@H](O)[C@@H](O)[C@@H]1O. The Kier molecular flexibility index (Phi) is 5.74. The minimum atomic E-state index is -1.47. The first kappa shape index (κ1) is 17.9. The van der Waals surface area contributed by atoms with E-state index < -0.39 is 37.3 Å². The van der Waals surface area contributed by atoms with Crippen LogP contribution in [0.3, 0.4) is 0 Å². The number of benzene rings is 1. The Balaban J connectivity index is 1.56. The molecule has 5 atom stereocenters. The predicted molar refractivity (Wildman–Crippen MR) is 84.1 cm³/mol. The molecule has 0 unspecified atom stereocenters. The molecule has 0 aliphatic carbocycles. The minimum Gasteiger partial charge on any atom is -0.394 e. The van der Waals surface area contributed by atoms with Crippen molar-refractivity contribution in [2.45, 2.75) is 43.9 Å². The molecule has 2 heterocycles. The lowest BCUT2D eigenvalue weighted by molar-refractivity contribution is -0.304. The summed E-state index contributed by atoms with van der Waals surface area (Å²) in [4.78, 5) is 0. The first-order valence-corrected chi connectivity index (χ1v) is 7.93. The van der Waals surface area contributed by atoms with E-state index in [1.165, 1.54) is 0 Å². The molecule has 1 aromatic carbocycles. The van der Waals surface area contributed by atoms with Crippen molar-refractivity contribution in [3.63, 3.8) is 0 Å². The van der Waals surface area contributed by atoms with Crippen molar-refractivity contribution in [1.82, 2.24) is 15.0 Å². The summed E-state index contributed by atoms with van der Waals surface area (Å²) in [6.45, 7) is 0.0590. The molecule has 1 saturated heterocycles. The maximum atomic E-state index is 9.92. The standard InChI is InChI=1S/C16H21N3O6/c20-8-12-13(21)14(22)15(23)16(25-12)24-9-11-7-19(18-17-11)6-10-4-2-1-3-5-10/h1-5,7,12-16,20-23H,6,8-9H2/t12-,13-,14+,15-,16-/m1/s1. The summed E-state index contributed by atoms with van der Waals surface area (Å²) >= 11 is 0. The Morgan fingerprint density at radius 1 is 1.08 bits per heavy atom. The summed E-state index contributed by atoms with van der Waals surface area (Å²) < 4.78 is 12.3. The van der Waals surface area contributed by atoms with E-state index in [9.17, 15) is 15.3 Å². The van der Waals surface area contributed by atoms with Crippen LogP contribution < -0.4 is 0 Å². The zero-order valence-electron chi connectivity index (χ0n) is 13.4. The molecule has 1 aliphatic rings. The Labute approximate surface area is 144 Å². The highest BCUT2D eigenvalue weighted by atomic mass is 16.7. The number of hydrogen-bond donors (Lipinski definition) is 4. The van der Waals surface area contributed by atoms with E-state index in [4.69, 9.17) is 14.6 Å². The largest absolute Gasteiger partial charge is 0.394 e. The summed E-state index contributed by atoms with van der Waals surface area (Å²) in [5.74, 6) is 0. The third-order valence-electron chi connectivity index (χ3n) is 4.02. The van der Waals surface area contributed by atoms with E-state index in [0.29, 0.717) is 12.2 Å². The van der Waals surface area contributed by atoms with Gasteiger partial charge in [0.2, 0.25) is 0 Å². The van der Waals surface area contributed by atoms with Crippen molar-refractivity contribution < 1.29 is 29.9 Å². The van der Waals surface area contributed by atoms with Gasteiger partial charge in [-0.15, -0.1) is 5.10 Å². The van der Waals surface area contributed by atoms with Crippen molar-refractivity contribution in [3.8, 4) is 0 Å². The smallest absolute Gasteiger partial charge is 0.187 e. The van der Waals surface area contributed by atoms with Crippen molar-refractivity contribution in [3.05, 3.63) is 47.8 Å². The second kappa shape index (κ2) is 8.00. The summed E-state index contributed by atoms with van der Waals surface area (Å²) in [5, 5.41) is 46.5. The van der Waals surface area contributed by atoms with E-state index in [0.717, 1.165) is 5.56 Å². The maximum absolute atomic E-state index is 9.92. The van der Waals surface area contributed by atoms with Gasteiger partial charge in [-0.25, -0.2) is 4.68 Å². The highest BCUT2D eigenvalue weighted by Gasteiger charge is 2.44. The number of rotatable bonds is 6. The average Bonchev–Trinajstić information content (AvgIpc) is 3.07. The fourth-order valence-electron chi connectivity index (χ4n) is 2.63. The summed E-state index contributed by atoms with van der Waals surface area (Å²) in [5.41, 5.74) is 1.60. The van der Waals surface area contributed by atoms with Gasteiger partial charge in [-0.1, -0.05) is 35.5 Å². The molecule has 0 bridgehead atoms. The number of aliphatic hydroxyl groups excluding tert-OH is 4. The van der Waals surface area contributed by atoms with Crippen LogP contribution in [0.1, 0.15) is 11.3 Å². The monoisotopic (exact) mass is 351 g/mol. The van der Waals surface area contributed by atoms with E-state index in [1.807, 2.05) is 30.3 Å². The van der Waals surface area contributed by atoms with Crippen LogP contribution in [0.25, 0.3) is 0 Å². The predicted octanol–water partition coefficient (Wildman–Crippen LogP) is -1.36. The Bertz CT molecular complexity index is 665. The second-order valence-corrected chi connectivity index (χ2v) is 5.90. The van der Waals surface area contributed by atoms with Gasteiger partial charge in [-0.2, -0.15) is 0 Å². The van der Waals surface area contributed by atoms with Crippen LogP contribution in [0.4, 0.5) is 0 Å². The van der Waals surface area contributed by atoms with Crippen LogP contribution in [0, 0.1) is 0 Å². The zero-order valence-corrected chi connectivity index (χ0v) is 13.4. The Morgan fingerprint density at radius 2 is 1.84 bits per heavy atom. The van der Waals surface area contributed by atoms with Gasteiger partial charge in [0.1, 0.15) is 30.1 Å².